The zero-order valence-corrected chi connectivity index (χ0v) is 13.4. The molecular weight excluding hydrogens is 288 g/mol. The highest BCUT2D eigenvalue weighted by Crippen LogP contribution is 2.38. The maximum absolute atomic E-state index is 6.48. The lowest BCUT2D eigenvalue weighted by Crippen LogP contribution is -2.35. The lowest BCUT2D eigenvalue weighted by atomic mass is 10.1. The molecule has 2 saturated heterocycles. The van der Waals surface area contributed by atoms with Crippen LogP contribution in [0.15, 0.2) is 12.1 Å². The molecule has 0 aliphatic carbocycles. The first-order chi connectivity index (χ1) is 10.2. The first-order valence-corrected chi connectivity index (χ1v) is 7.96. The third kappa shape index (κ3) is 3.12. The molecule has 0 aromatic heterocycles. The van der Waals surface area contributed by atoms with Gasteiger partial charge in [-0.25, -0.2) is 0 Å². The normalized spacial score (nSPS) is 25.7. The molecule has 2 aliphatic heterocycles. The molecule has 2 fully saturated rings. The van der Waals surface area contributed by atoms with Gasteiger partial charge >= 0.3 is 0 Å². The van der Waals surface area contributed by atoms with Gasteiger partial charge < -0.3 is 14.8 Å². The van der Waals surface area contributed by atoms with E-state index in [1.54, 1.807) is 14.2 Å². The highest BCUT2D eigenvalue weighted by atomic mass is 35.5. The van der Waals surface area contributed by atoms with Gasteiger partial charge in [0.2, 0.25) is 0 Å². The summed E-state index contributed by atoms with van der Waals surface area (Å²) in [5.74, 6) is 1.31. The summed E-state index contributed by atoms with van der Waals surface area (Å²) in [7, 11) is 3.26. The molecule has 3 rings (SSSR count). The van der Waals surface area contributed by atoms with Crippen molar-refractivity contribution >= 4 is 11.6 Å². The van der Waals surface area contributed by atoms with Gasteiger partial charge in [0.15, 0.2) is 11.5 Å². The molecule has 0 spiro atoms. The van der Waals surface area contributed by atoms with Gasteiger partial charge in [0.1, 0.15) is 0 Å². The summed E-state index contributed by atoms with van der Waals surface area (Å²) < 4.78 is 10.7. The quantitative estimate of drug-likeness (QED) is 0.927. The summed E-state index contributed by atoms with van der Waals surface area (Å²) in [6.45, 7) is 3.09. The van der Waals surface area contributed by atoms with E-state index in [0.717, 1.165) is 25.2 Å². The maximum atomic E-state index is 6.48. The highest BCUT2D eigenvalue weighted by Gasteiger charge is 2.29. The number of ether oxygens (including phenoxy) is 2. The number of hydrogen-bond donors (Lipinski definition) is 1. The van der Waals surface area contributed by atoms with Gasteiger partial charge in [0.05, 0.1) is 19.2 Å². The molecule has 0 unspecified atom stereocenters. The molecule has 2 aliphatic rings. The third-order valence-corrected chi connectivity index (χ3v) is 4.98. The molecule has 1 aromatic rings. The van der Waals surface area contributed by atoms with E-state index < -0.39 is 0 Å². The average Bonchev–Trinajstić information content (AvgIpc) is 2.83. The van der Waals surface area contributed by atoms with Crippen LogP contribution in [0.25, 0.3) is 0 Å². The van der Waals surface area contributed by atoms with Crippen molar-refractivity contribution in [2.75, 3.05) is 27.3 Å². The fourth-order valence-corrected chi connectivity index (χ4v) is 3.75. The fraction of sp³-hybridized carbons (Fsp3) is 0.625. The molecule has 0 saturated carbocycles. The molecule has 1 N–H and O–H groups in total. The van der Waals surface area contributed by atoms with E-state index in [9.17, 15) is 0 Å². The zero-order chi connectivity index (χ0) is 14.8. The van der Waals surface area contributed by atoms with E-state index in [4.69, 9.17) is 21.1 Å². The Morgan fingerprint density at radius 3 is 2.76 bits per heavy atom. The van der Waals surface area contributed by atoms with Gasteiger partial charge in [0, 0.05) is 31.7 Å². The first-order valence-electron chi connectivity index (χ1n) is 7.59. The number of nitrogens with zero attached hydrogens (tertiary/aromatic N) is 1. The van der Waals surface area contributed by atoms with Crippen LogP contribution in [0.1, 0.15) is 24.8 Å². The Bertz CT molecular complexity index is 509. The largest absolute Gasteiger partial charge is 0.493 e. The molecule has 1 aromatic carbocycles. The van der Waals surface area contributed by atoms with Crippen LogP contribution in [-0.4, -0.2) is 44.3 Å². The second-order valence-electron chi connectivity index (χ2n) is 5.94. The number of fused-ring (bicyclic) bond motifs is 2. The number of benzene rings is 1. The molecule has 0 radical (unpaired) electrons. The van der Waals surface area contributed by atoms with E-state index in [-0.39, 0.29) is 0 Å². The summed E-state index contributed by atoms with van der Waals surface area (Å²) in [6, 6.07) is 5.32. The second kappa shape index (κ2) is 6.42. The smallest absolute Gasteiger partial charge is 0.179 e. The highest BCUT2D eigenvalue weighted by molar-refractivity contribution is 6.33. The van der Waals surface area contributed by atoms with Gasteiger partial charge in [-0.3, -0.25) is 4.90 Å². The minimum atomic E-state index is 0.631. The summed E-state index contributed by atoms with van der Waals surface area (Å²) in [4.78, 5) is 2.49. The predicted octanol–water partition coefficient (Wildman–Crippen LogP) is 2.68. The van der Waals surface area contributed by atoms with Crippen molar-refractivity contribution < 1.29 is 9.47 Å². The zero-order valence-electron chi connectivity index (χ0n) is 12.7. The van der Waals surface area contributed by atoms with Gasteiger partial charge in [-0.05, 0) is 30.9 Å². The number of methoxy groups -OCH3 is 2. The minimum Gasteiger partial charge on any atom is -0.493 e. The molecule has 5 heteroatoms. The van der Waals surface area contributed by atoms with Crippen molar-refractivity contribution in [2.24, 2.45) is 0 Å². The van der Waals surface area contributed by atoms with Crippen LogP contribution in [0.3, 0.4) is 0 Å². The van der Waals surface area contributed by atoms with Gasteiger partial charge in [-0.15, -0.1) is 0 Å². The molecular formula is C16H23ClN2O2. The second-order valence-corrected chi connectivity index (χ2v) is 6.31. The van der Waals surface area contributed by atoms with E-state index in [1.807, 2.05) is 12.1 Å². The lowest BCUT2D eigenvalue weighted by Gasteiger charge is -2.25. The standard InChI is InChI=1S/C16H23ClN2O2/c1-20-14-6-3-11(15(17)16(14)21-2)9-19-8-7-12-4-5-13(10-19)18-12/h3,6,12-13,18H,4-5,7-10H2,1-2H3/t12-,13+/m1/s1. The van der Waals surface area contributed by atoms with E-state index >= 15 is 0 Å². The number of halogens is 1. The maximum Gasteiger partial charge on any atom is 0.179 e. The van der Waals surface area contributed by atoms with Crippen molar-refractivity contribution in [3.05, 3.63) is 22.7 Å². The molecule has 2 bridgehead atoms. The van der Waals surface area contributed by atoms with E-state index in [2.05, 4.69) is 10.2 Å². The molecule has 0 amide bonds. The minimum absolute atomic E-state index is 0.631. The number of nitrogens with one attached hydrogen (secondary N) is 1. The molecule has 116 valence electrons. The Morgan fingerprint density at radius 2 is 2.00 bits per heavy atom. The Morgan fingerprint density at radius 1 is 1.19 bits per heavy atom. The average molecular weight is 311 g/mol. The van der Waals surface area contributed by atoms with Crippen molar-refractivity contribution in [2.45, 2.75) is 37.9 Å². The number of likely N-dealkylation sites (tertiary alicyclic amines) is 1. The van der Waals surface area contributed by atoms with Gasteiger partial charge in [-0.2, -0.15) is 0 Å². The lowest BCUT2D eigenvalue weighted by molar-refractivity contribution is 0.250. The Balaban J connectivity index is 1.75. The molecule has 21 heavy (non-hydrogen) atoms. The molecule has 4 nitrogen and oxygen atoms in total. The van der Waals surface area contributed by atoms with Crippen LogP contribution in [0.4, 0.5) is 0 Å². The molecule has 2 heterocycles. The van der Waals surface area contributed by atoms with E-state index in [0.29, 0.717) is 28.6 Å². The first kappa shape index (κ1) is 14.9. The van der Waals surface area contributed by atoms with Crippen LogP contribution < -0.4 is 14.8 Å². The summed E-state index contributed by atoms with van der Waals surface area (Å²) in [5, 5.41) is 4.37. The predicted molar refractivity (Wildman–Crippen MR) is 84.4 cm³/mol. The molecule has 2 atom stereocenters. The van der Waals surface area contributed by atoms with Crippen molar-refractivity contribution in [3.8, 4) is 11.5 Å². The van der Waals surface area contributed by atoms with Crippen LogP contribution in [0.5, 0.6) is 11.5 Å². The topological polar surface area (TPSA) is 33.7 Å². The SMILES string of the molecule is COc1ccc(CN2CC[C@H]3CC[C@@H](C2)N3)c(Cl)c1OC. The summed E-state index contributed by atoms with van der Waals surface area (Å²) in [5.41, 5.74) is 1.10. The van der Waals surface area contributed by atoms with Crippen molar-refractivity contribution in [1.29, 1.82) is 0 Å². The van der Waals surface area contributed by atoms with Gasteiger partial charge in [-0.1, -0.05) is 17.7 Å². The number of hydrogen-bond acceptors (Lipinski definition) is 4. The van der Waals surface area contributed by atoms with Crippen LogP contribution >= 0.6 is 11.6 Å². The van der Waals surface area contributed by atoms with Crippen molar-refractivity contribution in [3.63, 3.8) is 0 Å². The monoisotopic (exact) mass is 310 g/mol. The van der Waals surface area contributed by atoms with E-state index in [1.165, 1.54) is 19.3 Å². The third-order valence-electron chi connectivity index (χ3n) is 4.57. The van der Waals surface area contributed by atoms with Gasteiger partial charge in [0.25, 0.3) is 0 Å². The Labute approximate surface area is 131 Å². The van der Waals surface area contributed by atoms with Crippen molar-refractivity contribution in [1.82, 2.24) is 10.2 Å². The van der Waals surface area contributed by atoms with Crippen LogP contribution in [0, 0.1) is 0 Å². The van der Waals surface area contributed by atoms with Crippen LogP contribution in [-0.2, 0) is 6.54 Å². The summed E-state index contributed by atoms with van der Waals surface area (Å²) in [6.07, 6.45) is 3.85. The summed E-state index contributed by atoms with van der Waals surface area (Å²) >= 11 is 6.48. The Hall–Kier alpha value is -0.970. The fourth-order valence-electron chi connectivity index (χ4n) is 3.45. The number of rotatable bonds is 4. The Kier molecular flexibility index (Phi) is 4.57. The van der Waals surface area contributed by atoms with Crippen LogP contribution in [0.2, 0.25) is 5.02 Å².